The quantitative estimate of drug-likeness (QED) is 0.585. The van der Waals surface area contributed by atoms with Crippen LogP contribution in [0.3, 0.4) is 0 Å². The highest BCUT2D eigenvalue weighted by molar-refractivity contribution is 5.96. The molecular formula is C20H25N5O4. The molecular weight excluding hydrogens is 374 g/mol. The number of fused-ring (bicyclic) bond motifs is 1. The zero-order valence-electron chi connectivity index (χ0n) is 16.6. The van der Waals surface area contributed by atoms with Gasteiger partial charge in [-0.2, -0.15) is 0 Å². The molecule has 1 N–H and O–H groups in total. The summed E-state index contributed by atoms with van der Waals surface area (Å²) in [4.78, 5) is 46.2. The van der Waals surface area contributed by atoms with E-state index in [9.17, 15) is 14.4 Å². The first-order chi connectivity index (χ1) is 13.9. The van der Waals surface area contributed by atoms with Gasteiger partial charge in [-0.3, -0.25) is 19.0 Å². The second kappa shape index (κ2) is 8.85. The lowest BCUT2D eigenvalue weighted by Gasteiger charge is -2.38. The van der Waals surface area contributed by atoms with E-state index in [0.29, 0.717) is 23.4 Å². The molecule has 0 spiro atoms. The van der Waals surface area contributed by atoms with Gasteiger partial charge in [0.05, 0.1) is 18.9 Å². The van der Waals surface area contributed by atoms with E-state index in [1.165, 1.54) is 24.1 Å². The SMILES string of the molecule is C=CC(=O)N1C[C@@H](Nc2ncnc3c2ccn3C(=O)CCC(=O)OC)CC[C@@H]1C. The maximum atomic E-state index is 12.4. The number of aromatic nitrogens is 3. The molecule has 0 unspecified atom stereocenters. The zero-order valence-corrected chi connectivity index (χ0v) is 16.6. The Kier molecular flexibility index (Phi) is 6.26. The number of ether oxygens (including phenoxy) is 1. The smallest absolute Gasteiger partial charge is 0.306 e. The lowest BCUT2D eigenvalue weighted by atomic mass is 9.99. The Morgan fingerprint density at radius 2 is 2.10 bits per heavy atom. The Morgan fingerprint density at radius 1 is 1.31 bits per heavy atom. The Bertz CT molecular complexity index is 938. The summed E-state index contributed by atoms with van der Waals surface area (Å²) in [5.41, 5.74) is 0.473. The van der Waals surface area contributed by atoms with Crippen LogP contribution < -0.4 is 5.32 Å². The molecule has 1 amide bonds. The molecule has 0 radical (unpaired) electrons. The number of piperidine rings is 1. The van der Waals surface area contributed by atoms with Crippen LogP contribution in [0, 0.1) is 0 Å². The second-order valence-electron chi connectivity index (χ2n) is 7.08. The fourth-order valence-corrected chi connectivity index (χ4v) is 3.54. The molecule has 3 heterocycles. The molecule has 2 aromatic rings. The molecule has 9 nitrogen and oxygen atoms in total. The van der Waals surface area contributed by atoms with Crippen LogP contribution >= 0.6 is 0 Å². The number of rotatable bonds is 6. The first-order valence-electron chi connectivity index (χ1n) is 9.56. The van der Waals surface area contributed by atoms with Gasteiger partial charge in [0.25, 0.3) is 0 Å². The number of nitrogens with one attached hydrogen (secondary N) is 1. The number of nitrogens with zero attached hydrogens (tertiary/aromatic N) is 4. The molecule has 0 saturated carbocycles. The molecule has 2 atom stereocenters. The van der Waals surface area contributed by atoms with Crippen molar-refractivity contribution in [3.63, 3.8) is 0 Å². The van der Waals surface area contributed by atoms with Crippen molar-refractivity contribution in [1.29, 1.82) is 0 Å². The predicted octanol–water partition coefficient (Wildman–Crippen LogP) is 2.00. The highest BCUT2D eigenvalue weighted by Crippen LogP contribution is 2.25. The van der Waals surface area contributed by atoms with Gasteiger partial charge >= 0.3 is 5.97 Å². The van der Waals surface area contributed by atoms with Gasteiger partial charge < -0.3 is 15.0 Å². The third-order valence-electron chi connectivity index (χ3n) is 5.20. The Morgan fingerprint density at radius 3 is 2.83 bits per heavy atom. The number of likely N-dealkylation sites (tertiary alicyclic amines) is 1. The van der Waals surface area contributed by atoms with E-state index in [1.807, 2.05) is 6.92 Å². The van der Waals surface area contributed by atoms with Gasteiger partial charge in [0.1, 0.15) is 12.1 Å². The third-order valence-corrected chi connectivity index (χ3v) is 5.20. The fourth-order valence-electron chi connectivity index (χ4n) is 3.54. The third kappa shape index (κ3) is 4.44. The molecule has 9 heteroatoms. The van der Waals surface area contributed by atoms with E-state index in [4.69, 9.17) is 0 Å². The molecule has 0 aromatic carbocycles. The van der Waals surface area contributed by atoms with Crippen molar-refractivity contribution in [2.75, 3.05) is 19.0 Å². The number of methoxy groups -OCH3 is 1. The minimum Gasteiger partial charge on any atom is -0.469 e. The Labute approximate surface area is 168 Å². The highest BCUT2D eigenvalue weighted by Gasteiger charge is 2.28. The number of amides is 1. The summed E-state index contributed by atoms with van der Waals surface area (Å²) in [6.45, 7) is 6.16. The highest BCUT2D eigenvalue weighted by atomic mass is 16.5. The molecule has 1 fully saturated rings. The number of hydrogen-bond donors (Lipinski definition) is 1. The number of carbonyl (C=O) groups is 3. The summed E-state index contributed by atoms with van der Waals surface area (Å²) in [7, 11) is 1.29. The fraction of sp³-hybridized carbons (Fsp3) is 0.450. The monoisotopic (exact) mass is 399 g/mol. The normalized spacial score (nSPS) is 19.0. The number of anilines is 1. The largest absolute Gasteiger partial charge is 0.469 e. The van der Waals surface area contributed by atoms with Crippen LogP contribution in [0.4, 0.5) is 5.82 Å². The summed E-state index contributed by atoms with van der Waals surface area (Å²) in [5.74, 6) is -0.152. The number of hydrogen-bond acceptors (Lipinski definition) is 7. The van der Waals surface area contributed by atoms with E-state index in [1.54, 1.807) is 17.2 Å². The van der Waals surface area contributed by atoms with Gasteiger partial charge in [-0.05, 0) is 31.9 Å². The average molecular weight is 399 g/mol. The van der Waals surface area contributed by atoms with E-state index < -0.39 is 5.97 Å². The van der Waals surface area contributed by atoms with Gasteiger partial charge in [-0.15, -0.1) is 0 Å². The molecule has 1 aliphatic rings. The molecule has 2 aromatic heterocycles. The van der Waals surface area contributed by atoms with Crippen LogP contribution in [0.25, 0.3) is 11.0 Å². The first kappa shape index (κ1) is 20.5. The van der Waals surface area contributed by atoms with Crippen molar-refractivity contribution >= 4 is 34.6 Å². The Hall–Kier alpha value is -3.23. The molecule has 3 rings (SSSR count). The van der Waals surface area contributed by atoms with Crippen LogP contribution in [0.5, 0.6) is 0 Å². The summed E-state index contributed by atoms with van der Waals surface area (Å²) in [6.07, 6.45) is 6.17. The van der Waals surface area contributed by atoms with Gasteiger partial charge in [-0.25, -0.2) is 9.97 Å². The number of esters is 1. The molecule has 154 valence electrons. The molecule has 29 heavy (non-hydrogen) atoms. The van der Waals surface area contributed by atoms with Gasteiger partial charge in [0.2, 0.25) is 11.8 Å². The zero-order chi connectivity index (χ0) is 21.0. The standard InChI is InChI=1S/C20H25N5O4/c1-4-16(26)25-11-14(6-5-13(25)2)23-19-15-9-10-24(20(15)22-12-21-19)17(27)7-8-18(28)29-3/h4,9-10,12-14H,1,5-8,11H2,2-3H3,(H,21,22,23)/t13-,14-/m0/s1. The van der Waals surface area contributed by atoms with Crippen LogP contribution in [-0.2, 0) is 14.3 Å². The lowest BCUT2D eigenvalue weighted by Crippen LogP contribution is -2.49. The molecule has 0 aliphatic carbocycles. The van der Waals surface area contributed by atoms with Gasteiger partial charge in [0.15, 0.2) is 5.65 Å². The van der Waals surface area contributed by atoms with Crippen molar-refractivity contribution in [3.8, 4) is 0 Å². The molecule has 1 saturated heterocycles. The predicted molar refractivity (Wildman–Crippen MR) is 107 cm³/mol. The average Bonchev–Trinajstić information content (AvgIpc) is 3.17. The maximum Gasteiger partial charge on any atom is 0.306 e. The van der Waals surface area contributed by atoms with E-state index in [0.717, 1.165) is 12.8 Å². The minimum absolute atomic E-state index is 0.0125. The van der Waals surface area contributed by atoms with E-state index in [-0.39, 0.29) is 36.7 Å². The van der Waals surface area contributed by atoms with Crippen molar-refractivity contribution in [2.45, 2.75) is 44.7 Å². The van der Waals surface area contributed by atoms with Crippen molar-refractivity contribution in [1.82, 2.24) is 19.4 Å². The van der Waals surface area contributed by atoms with Crippen LogP contribution in [0.2, 0.25) is 0 Å². The minimum atomic E-state index is -0.433. The van der Waals surface area contributed by atoms with Crippen molar-refractivity contribution in [2.24, 2.45) is 0 Å². The van der Waals surface area contributed by atoms with Gasteiger partial charge in [0, 0.05) is 31.2 Å². The van der Waals surface area contributed by atoms with E-state index >= 15 is 0 Å². The Balaban J connectivity index is 1.76. The lowest BCUT2D eigenvalue weighted by molar-refractivity contribution is -0.140. The summed E-state index contributed by atoms with van der Waals surface area (Å²) in [5, 5.41) is 4.09. The number of carbonyl (C=O) groups excluding carboxylic acids is 3. The molecule has 1 aliphatic heterocycles. The summed E-state index contributed by atoms with van der Waals surface area (Å²) in [6, 6.07) is 1.97. The topological polar surface area (TPSA) is 106 Å². The molecule has 0 bridgehead atoms. The van der Waals surface area contributed by atoms with Crippen molar-refractivity contribution < 1.29 is 19.1 Å². The van der Waals surface area contributed by atoms with Crippen LogP contribution in [0.1, 0.15) is 37.4 Å². The second-order valence-corrected chi connectivity index (χ2v) is 7.08. The summed E-state index contributed by atoms with van der Waals surface area (Å²) >= 11 is 0. The first-order valence-corrected chi connectivity index (χ1v) is 9.56. The van der Waals surface area contributed by atoms with E-state index in [2.05, 4.69) is 26.6 Å². The van der Waals surface area contributed by atoms with Crippen LogP contribution in [0.15, 0.2) is 31.2 Å². The maximum absolute atomic E-state index is 12.4. The summed E-state index contributed by atoms with van der Waals surface area (Å²) < 4.78 is 6.00. The van der Waals surface area contributed by atoms with Crippen LogP contribution in [-0.4, -0.2) is 63.0 Å². The van der Waals surface area contributed by atoms with Crippen molar-refractivity contribution in [3.05, 3.63) is 31.2 Å². The van der Waals surface area contributed by atoms with Gasteiger partial charge in [-0.1, -0.05) is 6.58 Å².